The van der Waals surface area contributed by atoms with Crippen molar-refractivity contribution in [3.8, 4) is 0 Å². The third-order valence-corrected chi connectivity index (χ3v) is 5.88. The van der Waals surface area contributed by atoms with Crippen LogP contribution in [0.25, 0.3) is 0 Å². The molecule has 0 saturated carbocycles. The van der Waals surface area contributed by atoms with Crippen LogP contribution in [0.5, 0.6) is 0 Å². The fraction of sp³-hybridized carbons (Fsp3) is 0.417. The molecule has 1 aliphatic heterocycles. The van der Waals surface area contributed by atoms with Gasteiger partial charge in [-0.2, -0.15) is 0 Å². The number of hydrogen-bond acceptors (Lipinski definition) is 3. The lowest BCUT2D eigenvalue weighted by atomic mass is 10.0. The third-order valence-electron chi connectivity index (χ3n) is 5.33. The van der Waals surface area contributed by atoms with E-state index < -0.39 is 11.9 Å². The van der Waals surface area contributed by atoms with Crippen LogP contribution >= 0.6 is 23.2 Å². The molecule has 31 heavy (non-hydrogen) atoms. The maximum Gasteiger partial charge on any atom is 0.253 e. The number of carbonyl (C=O) groups is 2. The Labute approximate surface area is 194 Å². The smallest absolute Gasteiger partial charge is 0.253 e. The zero-order valence-corrected chi connectivity index (χ0v) is 19.5. The van der Waals surface area contributed by atoms with Gasteiger partial charge >= 0.3 is 0 Å². The number of nitrogens with zero attached hydrogens (tertiary/aromatic N) is 1. The zero-order valence-electron chi connectivity index (χ0n) is 18.0. The van der Waals surface area contributed by atoms with Gasteiger partial charge in [0.1, 0.15) is 6.04 Å². The molecule has 5 nitrogen and oxygen atoms in total. The normalized spacial score (nSPS) is 15.1. The second-order valence-electron chi connectivity index (χ2n) is 8.45. The number of rotatable bonds is 8. The van der Waals surface area contributed by atoms with E-state index >= 15 is 0 Å². The topological polar surface area (TPSA) is 61.4 Å². The molecule has 2 aromatic rings. The van der Waals surface area contributed by atoms with Crippen LogP contribution in [0.15, 0.2) is 42.5 Å². The Morgan fingerprint density at radius 2 is 1.71 bits per heavy atom. The maximum absolute atomic E-state index is 12.9. The van der Waals surface area contributed by atoms with Crippen LogP contribution < -0.4 is 10.6 Å². The second-order valence-corrected chi connectivity index (χ2v) is 9.29. The minimum absolute atomic E-state index is 0.222. The molecule has 3 rings (SSSR count). The lowest BCUT2D eigenvalue weighted by Crippen LogP contribution is -2.44. The van der Waals surface area contributed by atoms with Crippen molar-refractivity contribution in [3.63, 3.8) is 0 Å². The van der Waals surface area contributed by atoms with E-state index in [1.54, 1.807) is 12.1 Å². The molecule has 0 bridgehead atoms. The van der Waals surface area contributed by atoms with Crippen LogP contribution in [0.1, 0.15) is 49.0 Å². The maximum atomic E-state index is 12.9. The molecule has 2 aromatic carbocycles. The monoisotopic (exact) mass is 461 g/mol. The average molecular weight is 462 g/mol. The zero-order chi connectivity index (χ0) is 22.4. The summed E-state index contributed by atoms with van der Waals surface area (Å²) in [5, 5.41) is 6.45. The summed E-state index contributed by atoms with van der Waals surface area (Å²) in [6.07, 6.45) is 3.03. The summed E-state index contributed by atoms with van der Waals surface area (Å²) >= 11 is 12.1. The molecule has 0 spiro atoms. The van der Waals surface area contributed by atoms with Gasteiger partial charge in [0.05, 0.1) is 10.6 Å². The first-order valence-corrected chi connectivity index (χ1v) is 11.5. The van der Waals surface area contributed by atoms with E-state index in [1.165, 1.54) is 24.5 Å². The fourth-order valence-electron chi connectivity index (χ4n) is 3.73. The van der Waals surface area contributed by atoms with Gasteiger partial charge < -0.3 is 10.6 Å². The largest absolute Gasteiger partial charge is 0.340 e. The highest BCUT2D eigenvalue weighted by Gasteiger charge is 2.24. The quantitative estimate of drug-likeness (QED) is 0.554. The molecular formula is C24H29Cl2N3O2. The van der Waals surface area contributed by atoms with Crippen LogP contribution in [-0.2, 0) is 11.3 Å². The molecule has 1 fully saturated rings. The Morgan fingerprint density at radius 3 is 2.32 bits per heavy atom. The van der Waals surface area contributed by atoms with Gasteiger partial charge in [0.2, 0.25) is 5.91 Å². The SMILES string of the molecule is CC(C)C[C@@H](NC(=O)c1ccc(Cl)cc1Cl)C(=O)Nc1ccc(CN2CCCC2)cc1. The summed E-state index contributed by atoms with van der Waals surface area (Å²) in [5.41, 5.74) is 2.23. The summed E-state index contributed by atoms with van der Waals surface area (Å²) in [6.45, 7) is 7.24. The van der Waals surface area contributed by atoms with Crippen molar-refractivity contribution in [2.45, 2.75) is 45.7 Å². The number of benzene rings is 2. The number of carbonyl (C=O) groups excluding carboxylic acids is 2. The van der Waals surface area contributed by atoms with E-state index in [2.05, 4.69) is 15.5 Å². The predicted octanol–water partition coefficient (Wildman–Crippen LogP) is 5.37. The van der Waals surface area contributed by atoms with Gasteiger partial charge in [0.25, 0.3) is 5.91 Å². The van der Waals surface area contributed by atoms with Crippen LogP contribution in [0.3, 0.4) is 0 Å². The number of amides is 2. The van der Waals surface area contributed by atoms with Crippen molar-refractivity contribution in [1.82, 2.24) is 10.2 Å². The van der Waals surface area contributed by atoms with E-state index in [0.29, 0.717) is 22.7 Å². The fourth-order valence-corrected chi connectivity index (χ4v) is 4.23. The molecule has 0 aliphatic carbocycles. The van der Waals surface area contributed by atoms with Gasteiger partial charge in [-0.3, -0.25) is 14.5 Å². The first kappa shape index (κ1) is 23.6. The van der Waals surface area contributed by atoms with Crippen molar-refractivity contribution in [1.29, 1.82) is 0 Å². The highest BCUT2D eigenvalue weighted by Crippen LogP contribution is 2.21. The molecule has 0 radical (unpaired) electrons. The van der Waals surface area contributed by atoms with Gasteiger partial charge in [-0.1, -0.05) is 49.2 Å². The molecule has 1 heterocycles. The Balaban J connectivity index is 1.64. The summed E-state index contributed by atoms with van der Waals surface area (Å²) in [7, 11) is 0. The summed E-state index contributed by atoms with van der Waals surface area (Å²) in [6, 6.07) is 11.9. The number of nitrogens with one attached hydrogen (secondary N) is 2. The van der Waals surface area contributed by atoms with Gasteiger partial charge in [0, 0.05) is 17.3 Å². The Bertz CT molecular complexity index is 910. The predicted molar refractivity (Wildman–Crippen MR) is 127 cm³/mol. The first-order chi connectivity index (χ1) is 14.8. The van der Waals surface area contributed by atoms with Gasteiger partial charge in [0.15, 0.2) is 0 Å². The van der Waals surface area contributed by atoms with Crippen LogP contribution in [0.4, 0.5) is 5.69 Å². The molecule has 166 valence electrons. The van der Waals surface area contributed by atoms with Crippen molar-refractivity contribution in [2.75, 3.05) is 18.4 Å². The Kier molecular flexibility index (Phi) is 8.35. The van der Waals surface area contributed by atoms with E-state index in [1.807, 2.05) is 38.1 Å². The van der Waals surface area contributed by atoms with Crippen molar-refractivity contribution in [3.05, 3.63) is 63.6 Å². The molecule has 1 saturated heterocycles. The summed E-state index contributed by atoms with van der Waals surface area (Å²) in [5.74, 6) is -0.428. The van der Waals surface area contributed by atoms with E-state index in [0.717, 1.165) is 19.6 Å². The van der Waals surface area contributed by atoms with E-state index in [4.69, 9.17) is 23.2 Å². The molecule has 2 N–H and O–H groups in total. The van der Waals surface area contributed by atoms with Crippen molar-refractivity contribution in [2.24, 2.45) is 5.92 Å². The minimum atomic E-state index is -0.677. The molecule has 7 heteroatoms. The lowest BCUT2D eigenvalue weighted by Gasteiger charge is -2.21. The van der Waals surface area contributed by atoms with Crippen LogP contribution in [0, 0.1) is 5.92 Å². The van der Waals surface area contributed by atoms with E-state index in [-0.39, 0.29) is 16.8 Å². The van der Waals surface area contributed by atoms with Crippen molar-refractivity contribution >= 4 is 40.7 Å². The first-order valence-electron chi connectivity index (χ1n) is 10.7. The highest BCUT2D eigenvalue weighted by molar-refractivity contribution is 6.36. The summed E-state index contributed by atoms with van der Waals surface area (Å²) in [4.78, 5) is 28.1. The van der Waals surface area contributed by atoms with Crippen LogP contribution in [0.2, 0.25) is 10.0 Å². The van der Waals surface area contributed by atoms with E-state index in [9.17, 15) is 9.59 Å². The number of anilines is 1. The minimum Gasteiger partial charge on any atom is -0.340 e. The van der Waals surface area contributed by atoms with Crippen LogP contribution in [-0.4, -0.2) is 35.8 Å². The van der Waals surface area contributed by atoms with Gasteiger partial charge in [-0.05, 0) is 74.2 Å². The Hall–Kier alpha value is -2.08. The number of hydrogen-bond donors (Lipinski definition) is 2. The standard InChI is InChI=1S/C24H29Cl2N3O2/c1-16(2)13-22(28-23(30)20-10-7-18(25)14-21(20)26)24(31)27-19-8-5-17(6-9-19)15-29-11-3-4-12-29/h5-10,14,16,22H,3-4,11-13,15H2,1-2H3,(H,27,31)(H,28,30)/t22-/m1/s1. The number of likely N-dealkylation sites (tertiary alicyclic amines) is 1. The molecular weight excluding hydrogens is 433 g/mol. The van der Waals surface area contributed by atoms with Gasteiger partial charge in [-0.25, -0.2) is 0 Å². The molecule has 2 amide bonds. The van der Waals surface area contributed by atoms with Crippen molar-refractivity contribution < 1.29 is 9.59 Å². The molecule has 0 unspecified atom stereocenters. The highest BCUT2D eigenvalue weighted by atomic mass is 35.5. The average Bonchev–Trinajstić information content (AvgIpc) is 3.21. The lowest BCUT2D eigenvalue weighted by molar-refractivity contribution is -0.118. The number of halogens is 2. The third kappa shape index (κ3) is 6.96. The molecule has 0 aromatic heterocycles. The Morgan fingerprint density at radius 1 is 1.03 bits per heavy atom. The molecule has 1 aliphatic rings. The molecule has 1 atom stereocenters. The van der Waals surface area contributed by atoms with Gasteiger partial charge in [-0.15, -0.1) is 0 Å². The summed E-state index contributed by atoms with van der Waals surface area (Å²) < 4.78 is 0. The second kappa shape index (κ2) is 11.0.